The second-order valence-corrected chi connectivity index (χ2v) is 8.95. The number of rotatable bonds is 15. The Hall–Kier alpha value is -1.14. The number of fused-ring (bicyclic) bond motifs is 1. The van der Waals surface area contributed by atoms with Gasteiger partial charge in [-0.1, -0.05) is 38.5 Å². The van der Waals surface area contributed by atoms with E-state index in [9.17, 15) is 9.59 Å². The van der Waals surface area contributed by atoms with Crippen molar-refractivity contribution in [2.24, 2.45) is 0 Å². The Morgan fingerprint density at radius 2 is 1.72 bits per heavy atom. The van der Waals surface area contributed by atoms with Gasteiger partial charge in [0.15, 0.2) is 0 Å². The summed E-state index contributed by atoms with van der Waals surface area (Å²) in [5.74, 6) is 0.300. The molecule has 1 amide bonds. The third-order valence-corrected chi connectivity index (χ3v) is 6.58. The van der Waals surface area contributed by atoms with Crippen molar-refractivity contribution >= 4 is 11.9 Å². The van der Waals surface area contributed by atoms with Gasteiger partial charge in [0, 0.05) is 31.7 Å². The molecule has 0 aromatic carbocycles. The van der Waals surface area contributed by atoms with Gasteiger partial charge in [0.05, 0.1) is 6.61 Å². The number of ether oxygens (including phenoxy) is 2. The van der Waals surface area contributed by atoms with Crippen LogP contribution in [-0.4, -0.2) is 61.8 Å². The first-order valence-electron chi connectivity index (χ1n) is 11.7. The molecule has 1 N–H and O–H groups in total. The van der Waals surface area contributed by atoms with Crippen molar-refractivity contribution in [2.45, 2.75) is 102 Å². The van der Waals surface area contributed by atoms with Gasteiger partial charge in [-0.05, 0) is 52.0 Å². The van der Waals surface area contributed by atoms with E-state index in [-0.39, 0.29) is 11.6 Å². The summed E-state index contributed by atoms with van der Waals surface area (Å²) in [6.07, 6.45) is 14.4. The lowest BCUT2D eigenvalue weighted by atomic mass is 9.95. The molecule has 2 aliphatic heterocycles. The maximum atomic E-state index is 12.0. The Balaban J connectivity index is 1.43. The summed E-state index contributed by atoms with van der Waals surface area (Å²) < 4.78 is 11.0. The summed E-state index contributed by atoms with van der Waals surface area (Å²) in [6, 6.07) is 0.342. The van der Waals surface area contributed by atoms with Gasteiger partial charge in [-0.3, -0.25) is 4.90 Å². The average Bonchev–Trinajstić information content (AvgIpc) is 3.23. The smallest absolute Gasteiger partial charge is 0.407 e. The molecule has 2 heterocycles. The van der Waals surface area contributed by atoms with Crippen molar-refractivity contribution in [3.05, 3.63) is 0 Å². The molecule has 0 aromatic rings. The van der Waals surface area contributed by atoms with Crippen LogP contribution in [0.1, 0.15) is 90.4 Å². The van der Waals surface area contributed by atoms with Crippen LogP contribution < -0.4 is 5.32 Å². The van der Waals surface area contributed by atoms with Crippen molar-refractivity contribution in [3.63, 3.8) is 0 Å². The predicted octanol–water partition coefficient (Wildman–Crippen LogP) is 4.46. The Morgan fingerprint density at radius 1 is 1.03 bits per heavy atom. The highest BCUT2D eigenvalue weighted by atomic mass is 16.5. The summed E-state index contributed by atoms with van der Waals surface area (Å²) in [6.45, 7) is 4.73. The highest BCUT2D eigenvalue weighted by molar-refractivity contribution is 5.75. The average molecular weight is 411 g/mol. The molecule has 168 valence electrons. The van der Waals surface area contributed by atoms with Crippen LogP contribution in [0.25, 0.3) is 0 Å². The first-order chi connectivity index (χ1) is 14.1. The molecule has 0 spiro atoms. The van der Waals surface area contributed by atoms with Crippen LogP contribution in [0.5, 0.6) is 0 Å². The number of Topliss-reactive ketones (excluding diaryl/α,β-unsaturated/α-hetero) is 1. The second kappa shape index (κ2) is 13.2. The van der Waals surface area contributed by atoms with Gasteiger partial charge >= 0.3 is 6.09 Å². The van der Waals surface area contributed by atoms with Crippen molar-refractivity contribution in [1.29, 1.82) is 0 Å². The molecule has 2 aliphatic rings. The van der Waals surface area contributed by atoms with Crippen molar-refractivity contribution in [2.75, 3.05) is 33.4 Å². The van der Waals surface area contributed by atoms with Crippen LogP contribution in [0, 0.1) is 0 Å². The maximum Gasteiger partial charge on any atom is 0.407 e. The Labute approximate surface area is 177 Å². The van der Waals surface area contributed by atoms with Crippen molar-refractivity contribution in [3.8, 4) is 0 Å². The van der Waals surface area contributed by atoms with Gasteiger partial charge in [-0.2, -0.15) is 0 Å². The van der Waals surface area contributed by atoms with Crippen LogP contribution >= 0.6 is 0 Å². The van der Waals surface area contributed by atoms with Crippen LogP contribution in [0.4, 0.5) is 4.79 Å². The molecule has 2 fully saturated rings. The van der Waals surface area contributed by atoms with E-state index in [1.807, 2.05) is 0 Å². The maximum absolute atomic E-state index is 12.0. The minimum absolute atomic E-state index is 0.187. The van der Waals surface area contributed by atoms with Crippen LogP contribution in [-0.2, 0) is 14.3 Å². The number of ketones is 1. The summed E-state index contributed by atoms with van der Waals surface area (Å²) >= 11 is 0. The fraction of sp³-hybridized carbons (Fsp3) is 0.913. The molecule has 2 rings (SSSR count). The quantitative estimate of drug-likeness (QED) is 0.404. The number of carbonyl (C=O) groups excluding carboxylic acids is 2. The molecule has 2 saturated heterocycles. The zero-order valence-corrected chi connectivity index (χ0v) is 18.7. The Morgan fingerprint density at radius 3 is 2.41 bits per heavy atom. The van der Waals surface area contributed by atoms with E-state index < -0.39 is 0 Å². The van der Waals surface area contributed by atoms with Crippen molar-refractivity contribution < 1.29 is 19.1 Å². The number of nitrogens with zero attached hydrogens (tertiary/aromatic N) is 1. The van der Waals surface area contributed by atoms with E-state index in [4.69, 9.17) is 9.47 Å². The summed E-state index contributed by atoms with van der Waals surface area (Å²) in [5.41, 5.74) is 0.187. The fourth-order valence-electron chi connectivity index (χ4n) is 5.03. The monoisotopic (exact) mass is 410 g/mol. The van der Waals surface area contributed by atoms with Crippen LogP contribution in [0.15, 0.2) is 0 Å². The van der Waals surface area contributed by atoms with Crippen molar-refractivity contribution in [1.82, 2.24) is 10.2 Å². The summed E-state index contributed by atoms with van der Waals surface area (Å²) in [7, 11) is 1.78. The van der Waals surface area contributed by atoms with Gasteiger partial charge in [-0.15, -0.1) is 0 Å². The van der Waals surface area contributed by atoms with E-state index >= 15 is 0 Å². The van der Waals surface area contributed by atoms with Gasteiger partial charge in [0.25, 0.3) is 0 Å². The number of unbranched alkanes of at least 4 members (excludes halogenated alkanes) is 7. The lowest BCUT2D eigenvalue weighted by molar-refractivity contribution is -0.117. The highest BCUT2D eigenvalue weighted by Gasteiger charge is 2.49. The van der Waals surface area contributed by atoms with Gasteiger partial charge in [0.2, 0.25) is 0 Å². The molecule has 0 aliphatic carbocycles. The molecule has 1 unspecified atom stereocenters. The largest absolute Gasteiger partial charge is 0.448 e. The minimum Gasteiger partial charge on any atom is -0.448 e. The zero-order chi connectivity index (χ0) is 21.0. The third-order valence-electron chi connectivity index (χ3n) is 6.58. The SMILES string of the molecule is COCC12CCCN1[C@@H](COC(=O)NCCCCCCCCCCC(C)=O)CC2. The molecule has 29 heavy (non-hydrogen) atoms. The van der Waals surface area contributed by atoms with Crippen LogP contribution in [0.3, 0.4) is 0 Å². The molecular weight excluding hydrogens is 368 g/mol. The number of nitrogens with one attached hydrogen (secondary N) is 1. The second-order valence-electron chi connectivity index (χ2n) is 8.95. The first-order valence-corrected chi connectivity index (χ1v) is 11.7. The van der Waals surface area contributed by atoms with E-state index in [0.29, 0.717) is 25.0 Å². The Kier molecular flexibility index (Phi) is 11.0. The lowest BCUT2D eigenvalue weighted by Gasteiger charge is -2.34. The molecule has 0 aromatic heterocycles. The van der Waals surface area contributed by atoms with Crippen LogP contribution in [0.2, 0.25) is 0 Å². The molecule has 6 nitrogen and oxygen atoms in total. The third kappa shape index (κ3) is 8.25. The molecule has 0 radical (unpaired) electrons. The van der Waals surface area contributed by atoms with Gasteiger partial charge < -0.3 is 19.6 Å². The molecule has 2 atom stereocenters. The lowest BCUT2D eigenvalue weighted by Crippen LogP contribution is -2.47. The highest BCUT2D eigenvalue weighted by Crippen LogP contribution is 2.42. The number of hydrogen-bond donors (Lipinski definition) is 1. The van der Waals surface area contributed by atoms with Gasteiger partial charge in [-0.25, -0.2) is 4.79 Å². The van der Waals surface area contributed by atoms with Gasteiger partial charge in [0.1, 0.15) is 12.4 Å². The number of alkyl carbamates (subject to hydrolysis) is 1. The standard InChI is InChI=1S/C23H42N2O4/c1-20(26)12-9-7-5-3-4-6-8-10-16-24-22(27)29-18-21-13-15-23(19-28-2)14-11-17-25(21)23/h21H,3-19H2,1-2H3,(H,24,27)/t21-,23?/m1/s1. The van der Waals surface area contributed by atoms with E-state index in [0.717, 1.165) is 58.1 Å². The zero-order valence-electron chi connectivity index (χ0n) is 18.7. The van der Waals surface area contributed by atoms with E-state index in [1.165, 1.54) is 38.5 Å². The molecular formula is C23H42N2O4. The number of amides is 1. The molecule has 0 bridgehead atoms. The molecule has 6 heteroatoms. The number of hydrogen-bond acceptors (Lipinski definition) is 5. The number of carbonyl (C=O) groups is 2. The Bertz CT molecular complexity index is 499. The predicted molar refractivity (Wildman–Crippen MR) is 115 cm³/mol. The minimum atomic E-state index is -0.279. The fourth-order valence-corrected chi connectivity index (χ4v) is 5.03. The topological polar surface area (TPSA) is 67.9 Å². The normalized spacial score (nSPS) is 23.9. The summed E-state index contributed by atoms with van der Waals surface area (Å²) in [5, 5.41) is 2.89. The van der Waals surface area contributed by atoms with E-state index in [2.05, 4.69) is 10.2 Å². The first kappa shape index (κ1) is 24.1. The molecule has 0 saturated carbocycles. The summed E-state index contributed by atoms with van der Waals surface area (Å²) in [4.78, 5) is 25.4. The van der Waals surface area contributed by atoms with E-state index in [1.54, 1.807) is 14.0 Å². The number of methoxy groups -OCH3 is 1.